The van der Waals surface area contributed by atoms with Crippen molar-refractivity contribution in [3.63, 3.8) is 0 Å². The Bertz CT molecular complexity index is 2050. The number of amides is 2. The molecule has 0 aliphatic carbocycles. The summed E-state index contributed by atoms with van der Waals surface area (Å²) < 4.78 is 87.4. The third-order valence-electron chi connectivity index (χ3n) is 7.51. The van der Waals surface area contributed by atoms with Crippen molar-refractivity contribution in [3.05, 3.63) is 67.0 Å². The zero-order valence-electron chi connectivity index (χ0n) is 29.1. The second kappa shape index (κ2) is 19.0. The number of para-hydroxylation sites is 2. The van der Waals surface area contributed by atoms with Gasteiger partial charge in [0.1, 0.15) is 6.10 Å². The Kier molecular flexibility index (Phi) is 14.7. The van der Waals surface area contributed by atoms with Gasteiger partial charge in [0.15, 0.2) is 46.5 Å². The number of imidazole rings is 1. The SMILES string of the molecule is CSCCNc1nc(SCCC(F)(F)F)nc2c1ncn2[C@@H]1O[C@H](COP(=O)(O)CP(=O)(O)O)[C@@H](OC(=O)Nc2ccccc2)[C@H]1OC(=O)Nc1ccccc1. The Morgan fingerprint density at radius 3 is 2.11 bits per heavy atom. The molecule has 1 aliphatic rings. The number of hydrogen-bond acceptors (Lipinski definition) is 14. The molecule has 1 aliphatic heterocycles. The quantitative estimate of drug-likeness (QED) is 0.0303. The fourth-order valence-electron chi connectivity index (χ4n) is 5.18. The van der Waals surface area contributed by atoms with E-state index in [0.29, 0.717) is 23.7 Å². The molecule has 6 N–H and O–H groups in total. The molecule has 304 valence electrons. The first-order valence-electron chi connectivity index (χ1n) is 16.4. The highest BCUT2D eigenvalue weighted by Crippen LogP contribution is 2.55. The van der Waals surface area contributed by atoms with Gasteiger partial charge in [-0.3, -0.25) is 24.3 Å². The zero-order chi connectivity index (χ0) is 40.5. The maximum Gasteiger partial charge on any atom is 0.412 e. The number of rotatable bonds is 17. The van der Waals surface area contributed by atoms with E-state index < -0.39 is 82.8 Å². The number of thioether (sulfide) groups is 2. The number of carbonyl (C=O) groups excluding carboxylic acids is 2. The molecule has 56 heavy (non-hydrogen) atoms. The fourth-order valence-corrected chi connectivity index (χ4v) is 8.88. The lowest BCUT2D eigenvalue weighted by atomic mass is 10.1. The van der Waals surface area contributed by atoms with E-state index in [2.05, 4.69) is 30.9 Å². The van der Waals surface area contributed by atoms with Gasteiger partial charge in [-0.25, -0.2) is 24.5 Å². The standard InChI is InChI=1S/C31H36F3N7O11P2S2/c1-55-15-13-35-25-22-26(40-28(39-25)56-14-12-31(32,33)34)41(17-36-22)27-24(52-30(43)38-20-10-6-3-7-11-20)23(51-29(42)37-19-8-4-2-5-9-19)21(50-27)16-49-54(47,48)18-53(44,45)46/h2-11,17,21,23-24,27H,12-16,18H2,1H3,(H,37,42)(H,38,43)(H,47,48)(H,35,39,40)(H2,44,45,46)/t21-,23-,24-,27-/m1/s1. The van der Waals surface area contributed by atoms with Crippen LogP contribution < -0.4 is 16.0 Å². The molecule has 2 aromatic heterocycles. The molecule has 0 spiro atoms. The molecular weight excluding hydrogens is 829 g/mol. The van der Waals surface area contributed by atoms with E-state index in [-0.39, 0.29) is 22.1 Å². The number of ether oxygens (including phenoxy) is 3. The van der Waals surface area contributed by atoms with Crippen molar-refractivity contribution in [2.45, 2.75) is 42.3 Å². The molecule has 5 rings (SSSR count). The van der Waals surface area contributed by atoms with E-state index in [0.717, 1.165) is 11.8 Å². The Morgan fingerprint density at radius 2 is 1.54 bits per heavy atom. The molecule has 25 heteroatoms. The summed E-state index contributed by atoms with van der Waals surface area (Å²) in [6, 6.07) is 16.2. The first kappa shape index (κ1) is 43.2. The van der Waals surface area contributed by atoms with Crippen molar-refractivity contribution in [1.82, 2.24) is 19.5 Å². The highest BCUT2D eigenvalue weighted by molar-refractivity contribution is 7.99. The van der Waals surface area contributed by atoms with E-state index >= 15 is 0 Å². The highest BCUT2D eigenvalue weighted by Gasteiger charge is 2.52. The summed E-state index contributed by atoms with van der Waals surface area (Å²) in [4.78, 5) is 68.8. The minimum atomic E-state index is -5.06. The molecule has 5 atom stereocenters. The Labute approximate surface area is 325 Å². The summed E-state index contributed by atoms with van der Waals surface area (Å²) in [7, 11) is -10.1. The molecular formula is C31H36F3N7O11P2S2. The molecule has 0 bridgehead atoms. The Balaban J connectivity index is 1.56. The van der Waals surface area contributed by atoms with Crippen molar-refractivity contribution < 1.29 is 65.3 Å². The first-order chi connectivity index (χ1) is 26.5. The molecule has 2 aromatic carbocycles. The predicted molar refractivity (Wildman–Crippen MR) is 201 cm³/mol. The number of benzene rings is 2. The van der Waals surface area contributed by atoms with Crippen molar-refractivity contribution in [3.8, 4) is 0 Å². The average molecular weight is 866 g/mol. The summed E-state index contributed by atoms with van der Waals surface area (Å²) in [6.07, 6.45) is -11.0. The molecule has 0 radical (unpaired) electrons. The number of carbonyl (C=O) groups is 2. The van der Waals surface area contributed by atoms with E-state index in [4.69, 9.17) is 18.7 Å². The average Bonchev–Trinajstić information content (AvgIpc) is 3.67. The Hall–Kier alpha value is -3.92. The van der Waals surface area contributed by atoms with Gasteiger partial charge in [0.05, 0.1) is 19.4 Å². The van der Waals surface area contributed by atoms with Crippen LogP contribution in [0.3, 0.4) is 0 Å². The molecule has 1 saturated heterocycles. The lowest BCUT2D eigenvalue weighted by molar-refractivity contribution is -0.129. The molecule has 4 aromatic rings. The van der Waals surface area contributed by atoms with Gasteiger partial charge in [-0.2, -0.15) is 24.9 Å². The topological polar surface area (TPSA) is 246 Å². The van der Waals surface area contributed by atoms with Gasteiger partial charge < -0.3 is 38.7 Å². The van der Waals surface area contributed by atoms with Gasteiger partial charge in [-0.05, 0) is 30.5 Å². The number of nitrogens with one attached hydrogen (secondary N) is 3. The van der Waals surface area contributed by atoms with E-state index in [1.165, 1.54) is 22.7 Å². The zero-order valence-corrected chi connectivity index (χ0v) is 32.6. The Morgan fingerprint density at radius 1 is 0.929 bits per heavy atom. The van der Waals surface area contributed by atoms with Crippen LogP contribution in [0.15, 0.2) is 72.1 Å². The maximum atomic E-state index is 13.4. The maximum absolute atomic E-state index is 13.4. The third-order valence-corrected chi connectivity index (χ3v) is 12.4. The molecule has 0 saturated carbocycles. The lowest BCUT2D eigenvalue weighted by Crippen LogP contribution is -2.42. The third kappa shape index (κ3) is 12.8. The first-order valence-corrected chi connectivity index (χ1v) is 22.3. The van der Waals surface area contributed by atoms with Gasteiger partial charge in [0, 0.05) is 29.4 Å². The summed E-state index contributed by atoms with van der Waals surface area (Å²) in [5, 5.41) is 8.06. The van der Waals surface area contributed by atoms with Crippen LogP contribution in [0.5, 0.6) is 0 Å². The second-order valence-electron chi connectivity index (χ2n) is 11.8. The molecule has 1 unspecified atom stereocenters. The van der Waals surface area contributed by atoms with Crippen molar-refractivity contribution >= 4 is 79.3 Å². The van der Waals surface area contributed by atoms with Gasteiger partial charge >= 0.3 is 33.6 Å². The van der Waals surface area contributed by atoms with Crippen molar-refractivity contribution in [2.75, 3.05) is 52.8 Å². The number of nitrogens with zero attached hydrogens (tertiary/aromatic N) is 4. The number of anilines is 3. The van der Waals surface area contributed by atoms with Gasteiger partial charge in [-0.15, -0.1) is 0 Å². The van der Waals surface area contributed by atoms with E-state index in [1.54, 1.807) is 60.7 Å². The van der Waals surface area contributed by atoms with Crippen LogP contribution in [-0.2, 0) is 27.9 Å². The molecule has 2 amide bonds. The molecule has 18 nitrogen and oxygen atoms in total. The smallest absolute Gasteiger partial charge is 0.412 e. The van der Waals surface area contributed by atoms with Crippen LogP contribution >= 0.6 is 38.7 Å². The largest absolute Gasteiger partial charge is 0.439 e. The summed E-state index contributed by atoms with van der Waals surface area (Å²) in [5.74, 6) is -1.16. The summed E-state index contributed by atoms with van der Waals surface area (Å²) in [5.41, 5.74) is 0.749. The van der Waals surface area contributed by atoms with E-state index in [1.807, 2.05) is 6.26 Å². The summed E-state index contributed by atoms with van der Waals surface area (Å²) in [6.45, 7) is -0.533. The van der Waals surface area contributed by atoms with E-state index in [9.17, 15) is 46.6 Å². The monoisotopic (exact) mass is 865 g/mol. The van der Waals surface area contributed by atoms with Crippen LogP contribution in [0.2, 0.25) is 0 Å². The highest BCUT2D eigenvalue weighted by atomic mass is 32.2. The van der Waals surface area contributed by atoms with Crippen molar-refractivity contribution in [2.24, 2.45) is 0 Å². The number of alkyl halides is 3. The predicted octanol–water partition coefficient (Wildman–Crippen LogP) is 6.11. The lowest BCUT2D eigenvalue weighted by Gasteiger charge is -2.25. The molecule has 1 fully saturated rings. The number of hydrogen-bond donors (Lipinski definition) is 6. The van der Waals surface area contributed by atoms with Crippen LogP contribution in [0.1, 0.15) is 12.6 Å². The van der Waals surface area contributed by atoms with Crippen LogP contribution in [0.25, 0.3) is 11.2 Å². The fraction of sp³-hybridized carbons (Fsp3) is 0.387. The number of fused-ring (bicyclic) bond motifs is 1. The van der Waals surface area contributed by atoms with Crippen molar-refractivity contribution in [1.29, 1.82) is 0 Å². The minimum absolute atomic E-state index is 0.00777. The second-order valence-corrected chi connectivity index (χ2v) is 17.9. The van der Waals surface area contributed by atoms with Crippen LogP contribution in [-0.4, -0.2) is 108 Å². The molecule has 3 heterocycles. The number of halogens is 3. The minimum Gasteiger partial charge on any atom is -0.439 e. The number of aromatic nitrogens is 4. The normalized spacial score (nSPS) is 19.6. The van der Waals surface area contributed by atoms with Crippen LogP contribution in [0.4, 0.5) is 40.0 Å². The van der Waals surface area contributed by atoms with Gasteiger partial charge in [0.25, 0.3) is 0 Å². The van der Waals surface area contributed by atoms with Gasteiger partial charge in [-0.1, -0.05) is 48.2 Å². The summed E-state index contributed by atoms with van der Waals surface area (Å²) >= 11 is 2.24. The van der Waals surface area contributed by atoms with Crippen LogP contribution in [0, 0.1) is 0 Å². The van der Waals surface area contributed by atoms with Gasteiger partial charge in [0.2, 0.25) is 0 Å².